The Labute approximate surface area is 114 Å². The van der Waals surface area contributed by atoms with E-state index in [2.05, 4.69) is 0 Å². The molecule has 2 amide bonds. The van der Waals surface area contributed by atoms with Crippen LogP contribution in [0.5, 0.6) is 0 Å². The average Bonchev–Trinajstić information content (AvgIpc) is 2.28. The van der Waals surface area contributed by atoms with Crippen molar-refractivity contribution in [3.8, 4) is 0 Å². The fourth-order valence-electron chi connectivity index (χ4n) is 2.24. The van der Waals surface area contributed by atoms with Crippen LogP contribution < -0.4 is 0 Å². The number of likely N-dealkylation sites (N-methyl/N-ethyl adjacent to an activating group) is 1. The zero-order valence-electron chi connectivity index (χ0n) is 12.4. The third kappa shape index (κ3) is 3.00. The van der Waals surface area contributed by atoms with Crippen LogP contribution >= 0.6 is 0 Å². The van der Waals surface area contributed by atoms with Gasteiger partial charge in [0.1, 0.15) is 5.54 Å². The molecule has 0 bridgehead atoms. The van der Waals surface area contributed by atoms with Crippen molar-refractivity contribution in [3.05, 3.63) is 0 Å². The summed E-state index contributed by atoms with van der Waals surface area (Å²) in [5.41, 5.74) is -1.64. The monoisotopic (exact) mass is 272 g/mol. The maximum Gasteiger partial charge on any atom is 0.329 e. The SMILES string of the molecule is CCN(C(=O)N1CCOCC1(C)C)C(C)(C)C(=O)O. The van der Waals surface area contributed by atoms with E-state index >= 15 is 0 Å². The zero-order valence-corrected chi connectivity index (χ0v) is 12.4. The molecule has 0 aliphatic carbocycles. The van der Waals surface area contributed by atoms with E-state index in [9.17, 15) is 14.7 Å². The first kappa shape index (κ1) is 15.8. The molecule has 1 fully saturated rings. The van der Waals surface area contributed by atoms with Gasteiger partial charge in [0.2, 0.25) is 0 Å². The molecule has 0 aromatic carbocycles. The summed E-state index contributed by atoms with van der Waals surface area (Å²) in [4.78, 5) is 27.1. The van der Waals surface area contributed by atoms with Gasteiger partial charge >= 0.3 is 12.0 Å². The first-order chi connectivity index (χ1) is 8.64. The van der Waals surface area contributed by atoms with Crippen LogP contribution in [0.1, 0.15) is 34.6 Å². The summed E-state index contributed by atoms with van der Waals surface area (Å²) in [5, 5.41) is 9.28. The molecule has 1 N–H and O–H groups in total. The van der Waals surface area contributed by atoms with Crippen LogP contribution in [0, 0.1) is 0 Å². The molecule has 0 unspecified atom stereocenters. The highest BCUT2D eigenvalue weighted by Gasteiger charge is 2.43. The number of carboxylic acid groups (broad SMARTS) is 1. The van der Waals surface area contributed by atoms with Gasteiger partial charge in [-0.25, -0.2) is 9.59 Å². The smallest absolute Gasteiger partial charge is 0.329 e. The maximum atomic E-state index is 12.6. The van der Waals surface area contributed by atoms with Gasteiger partial charge in [-0.3, -0.25) is 0 Å². The van der Waals surface area contributed by atoms with Crippen LogP contribution in [0.4, 0.5) is 4.79 Å². The Bertz CT molecular complexity index is 366. The Morgan fingerprint density at radius 1 is 1.42 bits per heavy atom. The van der Waals surface area contributed by atoms with Crippen molar-refractivity contribution < 1.29 is 19.4 Å². The normalized spacial score (nSPS) is 19.1. The Morgan fingerprint density at radius 3 is 2.42 bits per heavy atom. The number of morpholine rings is 1. The number of amides is 2. The minimum absolute atomic E-state index is 0.247. The van der Waals surface area contributed by atoms with E-state index in [-0.39, 0.29) is 6.03 Å². The first-order valence-corrected chi connectivity index (χ1v) is 6.55. The Hall–Kier alpha value is -1.30. The van der Waals surface area contributed by atoms with Gasteiger partial charge in [-0.05, 0) is 34.6 Å². The van der Waals surface area contributed by atoms with E-state index in [4.69, 9.17) is 4.74 Å². The predicted octanol–water partition coefficient (Wildman–Crippen LogP) is 1.40. The molecule has 0 atom stereocenters. The van der Waals surface area contributed by atoms with E-state index in [0.717, 1.165) is 0 Å². The number of nitrogens with zero attached hydrogens (tertiary/aromatic N) is 2. The molecule has 0 aromatic rings. The second kappa shape index (κ2) is 5.36. The standard InChI is InChI=1S/C13H24N2O4/c1-6-14(13(4,5)10(16)17)11(18)15-7-8-19-9-12(15,2)3/h6-9H2,1-5H3,(H,16,17). The average molecular weight is 272 g/mol. The topological polar surface area (TPSA) is 70.1 Å². The van der Waals surface area contributed by atoms with E-state index < -0.39 is 17.0 Å². The van der Waals surface area contributed by atoms with Gasteiger partial charge in [0.05, 0.1) is 18.8 Å². The molecule has 0 saturated carbocycles. The Kier molecular flexibility index (Phi) is 4.45. The molecule has 0 spiro atoms. The fraction of sp³-hybridized carbons (Fsp3) is 0.846. The zero-order chi connectivity index (χ0) is 14.8. The van der Waals surface area contributed by atoms with Crippen molar-refractivity contribution in [2.45, 2.75) is 45.7 Å². The molecular weight excluding hydrogens is 248 g/mol. The van der Waals surface area contributed by atoms with Gasteiger partial charge in [-0.15, -0.1) is 0 Å². The Morgan fingerprint density at radius 2 is 2.00 bits per heavy atom. The molecule has 1 heterocycles. The molecular formula is C13H24N2O4. The van der Waals surface area contributed by atoms with E-state index in [0.29, 0.717) is 26.3 Å². The number of carboxylic acids is 1. The van der Waals surface area contributed by atoms with Crippen molar-refractivity contribution in [3.63, 3.8) is 0 Å². The van der Waals surface area contributed by atoms with Gasteiger partial charge in [-0.1, -0.05) is 0 Å². The number of hydrogen-bond donors (Lipinski definition) is 1. The van der Waals surface area contributed by atoms with Crippen LogP contribution in [-0.4, -0.2) is 64.3 Å². The third-order valence-electron chi connectivity index (χ3n) is 3.62. The lowest BCUT2D eigenvalue weighted by Crippen LogP contribution is -2.63. The first-order valence-electron chi connectivity index (χ1n) is 6.55. The second-order valence-electron chi connectivity index (χ2n) is 5.91. The summed E-state index contributed by atoms with van der Waals surface area (Å²) in [7, 11) is 0. The fourth-order valence-corrected chi connectivity index (χ4v) is 2.24. The molecule has 19 heavy (non-hydrogen) atoms. The third-order valence-corrected chi connectivity index (χ3v) is 3.62. The largest absolute Gasteiger partial charge is 0.480 e. The van der Waals surface area contributed by atoms with E-state index in [1.54, 1.807) is 25.7 Å². The summed E-state index contributed by atoms with van der Waals surface area (Å²) in [6.07, 6.45) is 0. The number of rotatable bonds is 3. The van der Waals surface area contributed by atoms with Gasteiger partial charge in [0.15, 0.2) is 0 Å². The maximum absolute atomic E-state index is 12.6. The van der Waals surface area contributed by atoms with Crippen LogP contribution in [0.15, 0.2) is 0 Å². The lowest BCUT2D eigenvalue weighted by Gasteiger charge is -2.46. The van der Waals surface area contributed by atoms with Crippen LogP contribution in [0.2, 0.25) is 0 Å². The number of carbonyl (C=O) groups is 2. The molecule has 0 radical (unpaired) electrons. The Balaban J connectivity index is 2.99. The predicted molar refractivity (Wildman–Crippen MR) is 71.1 cm³/mol. The molecule has 6 heteroatoms. The van der Waals surface area contributed by atoms with Crippen molar-refractivity contribution in [1.82, 2.24) is 9.80 Å². The van der Waals surface area contributed by atoms with Crippen molar-refractivity contribution in [1.29, 1.82) is 0 Å². The van der Waals surface area contributed by atoms with Crippen molar-refractivity contribution in [2.24, 2.45) is 0 Å². The van der Waals surface area contributed by atoms with Gasteiger partial charge < -0.3 is 19.6 Å². The second-order valence-corrected chi connectivity index (χ2v) is 5.91. The lowest BCUT2D eigenvalue weighted by atomic mass is 10.0. The van der Waals surface area contributed by atoms with Gasteiger partial charge in [0, 0.05) is 13.1 Å². The number of aliphatic carboxylic acids is 1. The van der Waals surface area contributed by atoms with E-state index in [1.165, 1.54) is 4.90 Å². The molecule has 1 rings (SSSR count). The summed E-state index contributed by atoms with van der Waals surface area (Å²) >= 11 is 0. The highest BCUT2D eigenvalue weighted by Crippen LogP contribution is 2.24. The molecule has 110 valence electrons. The quantitative estimate of drug-likeness (QED) is 0.843. The molecule has 6 nitrogen and oxygen atoms in total. The summed E-state index contributed by atoms with van der Waals surface area (Å²) in [6, 6.07) is -0.247. The van der Waals surface area contributed by atoms with Crippen molar-refractivity contribution in [2.75, 3.05) is 26.3 Å². The minimum atomic E-state index is -1.22. The van der Waals surface area contributed by atoms with Crippen LogP contribution in [0.25, 0.3) is 0 Å². The van der Waals surface area contributed by atoms with Crippen LogP contribution in [-0.2, 0) is 9.53 Å². The number of hydrogen-bond acceptors (Lipinski definition) is 3. The lowest BCUT2D eigenvalue weighted by molar-refractivity contribution is -0.148. The molecule has 0 aromatic heterocycles. The van der Waals surface area contributed by atoms with E-state index in [1.807, 2.05) is 13.8 Å². The summed E-state index contributed by atoms with van der Waals surface area (Å²) < 4.78 is 5.38. The molecule has 1 aliphatic rings. The number of ether oxygens (including phenoxy) is 1. The number of urea groups is 1. The minimum Gasteiger partial charge on any atom is -0.480 e. The highest BCUT2D eigenvalue weighted by atomic mass is 16.5. The van der Waals surface area contributed by atoms with Crippen LogP contribution in [0.3, 0.4) is 0 Å². The summed E-state index contributed by atoms with van der Waals surface area (Å²) in [5.74, 6) is -1.01. The number of carbonyl (C=O) groups excluding carboxylic acids is 1. The summed E-state index contributed by atoms with van der Waals surface area (Å²) in [6.45, 7) is 10.5. The molecule has 1 aliphatic heterocycles. The molecule has 1 saturated heterocycles. The van der Waals surface area contributed by atoms with Gasteiger partial charge in [-0.2, -0.15) is 0 Å². The van der Waals surface area contributed by atoms with Crippen molar-refractivity contribution >= 4 is 12.0 Å². The van der Waals surface area contributed by atoms with Gasteiger partial charge in [0.25, 0.3) is 0 Å². The highest BCUT2D eigenvalue weighted by molar-refractivity contribution is 5.86.